The van der Waals surface area contributed by atoms with Crippen LogP contribution >= 0.6 is 11.8 Å². The van der Waals surface area contributed by atoms with Gasteiger partial charge in [0, 0.05) is 6.20 Å². The van der Waals surface area contributed by atoms with Crippen molar-refractivity contribution in [2.75, 3.05) is 7.11 Å². The molecule has 0 bridgehead atoms. The second-order valence-electron chi connectivity index (χ2n) is 3.04. The minimum Gasteiger partial charge on any atom is -0.494 e. The molecule has 1 N–H and O–H groups in total. The molecule has 17 heavy (non-hydrogen) atoms. The number of carboxylic acid groups (broad SMARTS) is 1. The molecule has 0 saturated heterocycles. The third-order valence-corrected chi connectivity index (χ3v) is 2.87. The number of hydrogen-bond donors (Lipinski definition) is 1. The van der Waals surface area contributed by atoms with E-state index in [0.29, 0.717) is 15.9 Å². The molecule has 0 aliphatic heterocycles. The van der Waals surface area contributed by atoms with Gasteiger partial charge in [0.05, 0.1) is 7.11 Å². The van der Waals surface area contributed by atoms with Crippen molar-refractivity contribution >= 4 is 17.7 Å². The Morgan fingerprint density at radius 1 is 1.47 bits per heavy atom. The van der Waals surface area contributed by atoms with Crippen LogP contribution in [0.2, 0.25) is 0 Å². The molecule has 0 amide bonds. The maximum Gasteiger partial charge on any atom is 0.371 e. The van der Waals surface area contributed by atoms with Gasteiger partial charge in [-0.15, -0.1) is 0 Å². The zero-order chi connectivity index (χ0) is 12.3. The lowest BCUT2D eigenvalue weighted by Gasteiger charge is -2.03. The van der Waals surface area contributed by atoms with Gasteiger partial charge < -0.3 is 14.3 Å². The summed E-state index contributed by atoms with van der Waals surface area (Å²) >= 11 is 1.21. The molecule has 6 heteroatoms. The Kier molecular flexibility index (Phi) is 3.34. The topological polar surface area (TPSA) is 72.6 Å². The third kappa shape index (κ3) is 2.59. The fourth-order valence-electron chi connectivity index (χ4n) is 1.19. The van der Waals surface area contributed by atoms with Gasteiger partial charge in [-0.05, 0) is 36.0 Å². The maximum atomic E-state index is 10.6. The molecular formula is C11H9NO4S. The Labute approximate surface area is 101 Å². The fraction of sp³-hybridized carbons (Fsp3) is 0.0909. The molecule has 5 nitrogen and oxygen atoms in total. The minimum absolute atomic E-state index is 0.0950. The standard InChI is InChI=1S/C11H9NO4S/c1-15-7-3-2-6-12-10(7)17-9-5-4-8(16-9)11(13)14/h2-6H,1H3,(H,13,14). The molecule has 0 aliphatic carbocycles. The van der Waals surface area contributed by atoms with Gasteiger partial charge in [0.25, 0.3) is 0 Å². The van der Waals surface area contributed by atoms with E-state index in [1.165, 1.54) is 17.8 Å². The summed E-state index contributed by atoms with van der Waals surface area (Å²) in [5.41, 5.74) is 0. The van der Waals surface area contributed by atoms with E-state index in [4.69, 9.17) is 14.3 Å². The van der Waals surface area contributed by atoms with Gasteiger partial charge in [0.15, 0.2) is 10.8 Å². The van der Waals surface area contributed by atoms with Crippen LogP contribution < -0.4 is 4.74 Å². The highest BCUT2D eigenvalue weighted by molar-refractivity contribution is 7.99. The normalized spacial score (nSPS) is 10.2. The van der Waals surface area contributed by atoms with Crippen LogP contribution in [0.1, 0.15) is 10.6 Å². The molecule has 2 heterocycles. The number of aromatic nitrogens is 1. The number of ether oxygens (including phenoxy) is 1. The number of carbonyl (C=O) groups is 1. The van der Waals surface area contributed by atoms with Crippen LogP contribution in [-0.4, -0.2) is 23.2 Å². The van der Waals surface area contributed by atoms with Crippen LogP contribution in [-0.2, 0) is 0 Å². The molecule has 0 aliphatic rings. The molecule has 2 aromatic rings. The molecule has 0 radical (unpaired) electrons. The highest BCUT2D eigenvalue weighted by Gasteiger charge is 2.12. The zero-order valence-corrected chi connectivity index (χ0v) is 9.73. The molecule has 2 aromatic heterocycles. The van der Waals surface area contributed by atoms with Gasteiger partial charge in [0.1, 0.15) is 5.03 Å². The SMILES string of the molecule is COc1cccnc1Sc1ccc(C(=O)O)o1. The molecule has 0 fully saturated rings. The number of pyridine rings is 1. The first-order valence-electron chi connectivity index (χ1n) is 4.70. The van der Waals surface area contributed by atoms with Crippen LogP contribution in [0.4, 0.5) is 0 Å². The van der Waals surface area contributed by atoms with E-state index in [2.05, 4.69) is 4.98 Å². The van der Waals surface area contributed by atoms with E-state index in [-0.39, 0.29) is 5.76 Å². The zero-order valence-electron chi connectivity index (χ0n) is 8.91. The lowest BCUT2D eigenvalue weighted by atomic mass is 10.5. The van der Waals surface area contributed by atoms with Crippen LogP contribution in [0.15, 0.2) is 45.0 Å². The van der Waals surface area contributed by atoms with E-state index >= 15 is 0 Å². The van der Waals surface area contributed by atoms with E-state index in [1.54, 1.807) is 31.5 Å². The molecule has 0 saturated carbocycles. The van der Waals surface area contributed by atoms with Crippen molar-refractivity contribution in [3.8, 4) is 5.75 Å². The summed E-state index contributed by atoms with van der Waals surface area (Å²) in [5, 5.41) is 9.81. The smallest absolute Gasteiger partial charge is 0.371 e. The molecule has 0 spiro atoms. The number of carboxylic acids is 1. The van der Waals surface area contributed by atoms with Gasteiger partial charge in [-0.2, -0.15) is 0 Å². The van der Waals surface area contributed by atoms with E-state index in [1.807, 2.05) is 0 Å². The largest absolute Gasteiger partial charge is 0.494 e. The van der Waals surface area contributed by atoms with E-state index in [9.17, 15) is 4.79 Å². The van der Waals surface area contributed by atoms with E-state index in [0.717, 1.165) is 0 Å². The van der Waals surface area contributed by atoms with Crippen molar-refractivity contribution in [1.29, 1.82) is 0 Å². The van der Waals surface area contributed by atoms with Crippen molar-refractivity contribution < 1.29 is 19.1 Å². The molecule has 0 aromatic carbocycles. The maximum absolute atomic E-state index is 10.6. The predicted molar refractivity (Wildman–Crippen MR) is 60.6 cm³/mol. The van der Waals surface area contributed by atoms with E-state index < -0.39 is 5.97 Å². The summed E-state index contributed by atoms with van der Waals surface area (Å²) in [6.45, 7) is 0. The number of furan rings is 1. The van der Waals surface area contributed by atoms with Crippen molar-refractivity contribution in [3.05, 3.63) is 36.2 Å². The number of rotatable bonds is 4. The Bertz CT molecular complexity index is 538. The Morgan fingerprint density at radius 3 is 2.94 bits per heavy atom. The lowest BCUT2D eigenvalue weighted by molar-refractivity contribution is 0.0656. The number of aromatic carboxylic acids is 1. The van der Waals surface area contributed by atoms with Crippen molar-refractivity contribution in [1.82, 2.24) is 4.98 Å². The first kappa shape index (κ1) is 11.5. The van der Waals surface area contributed by atoms with Gasteiger partial charge in [0.2, 0.25) is 5.76 Å². The van der Waals surface area contributed by atoms with Gasteiger partial charge in [-0.1, -0.05) is 0 Å². The van der Waals surface area contributed by atoms with Crippen molar-refractivity contribution in [2.24, 2.45) is 0 Å². The highest BCUT2D eigenvalue weighted by atomic mass is 32.2. The summed E-state index contributed by atoms with van der Waals surface area (Å²) < 4.78 is 10.2. The first-order valence-corrected chi connectivity index (χ1v) is 5.52. The first-order chi connectivity index (χ1) is 8.20. The van der Waals surface area contributed by atoms with Crippen LogP contribution in [0.3, 0.4) is 0 Å². The average Bonchev–Trinajstić information content (AvgIpc) is 2.78. The summed E-state index contributed by atoms with van der Waals surface area (Å²) in [7, 11) is 1.55. The second kappa shape index (κ2) is 4.92. The predicted octanol–water partition coefficient (Wildman–Crippen LogP) is 2.53. The Hall–Kier alpha value is -1.95. The molecule has 0 atom stereocenters. The van der Waals surface area contributed by atoms with Crippen molar-refractivity contribution in [2.45, 2.75) is 10.1 Å². The summed E-state index contributed by atoms with van der Waals surface area (Å²) in [6, 6.07) is 6.52. The monoisotopic (exact) mass is 251 g/mol. The third-order valence-electron chi connectivity index (χ3n) is 1.95. The second-order valence-corrected chi connectivity index (χ2v) is 4.03. The van der Waals surface area contributed by atoms with Crippen LogP contribution in [0.5, 0.6) is 5.75 Å². The molecule has 2 rings (SSSR count). The number of methoxy groups -OCH3 is 1. The summed E-state index contributed by atoms with van der Waals surface area (Å²) in [6.07, 6.45) is 1.63. The highest BCUT2D eigenvalue weighted by Crippen LogP contribution is 2.33. The molecular weight excluding hydrogens is 242 g/mol. The molecule has 88 valence electrons. The Morgan fingerprint density at radius 2 is 2.29 bits per heavy atom. The minimum atomic E-state index is -1.09. The average molecular weight is 251 g/mol. The quantitative estimate of drug-likeness (QED) is 0.900. The number of nitrogens with zero attached hydrogens (tertiary/aromatic N) is 1. The van der Waals surface area contributed by atoms with Crippen LogP contribution in [0.25, 0.3) is 0 Å². The Balaban J connectivity index is 2.22. The summed E-state index contributed by atoms with van der Waals surface area (Å²) in [5.74, 6) is -0.571. The van der Waals surface area contributed by atoms with Crippen LogP contribution in [0, 0.1) is 0 Å². The van der Waals surface area contributed by atoms with Gasteiger partial charge in [-0.25, -0.2) is 9.78 Å². The van der Waals surface area contributed by atoms with Gasteiger partial charge in [-0.3, -0.25) is 0 Å². The fourth-order valence-corrected chi connectivity index (χ4v) is 2.02. The molecule has 0 unspecified atom stereocenters. The van der Waals surface area contributed by atoms with Crippen molar-refractivity contribution in [3.63, 3.8) is 0 Å². The lowest BCUT2D eigenvalue weighted by Crippen LogP contribution is -1.91. The summed E-state index contributed by atoms with van der Waals surface area (Å²) in [4.78, 5) is 14.8. The number of hydrogen-bond acceptors (Lipinski definition) is 5. The van der Waals surface area contributed by atoms with Gasteiger partial charge >= 0.3 is 5.97 Å².